The molecule has 232 valence electrons. The van der Waals surface area contributed by atoms with Gasteiger partial charge in [-0.25, -0.2) is 18.2 Å². The summed E-state index contributed by atoms with van der Waals surface area (Å²) in [6.45, 7) is 1.93. The van der Waals surface area contributed by atoms with Crippen molar-refractivity contribution in [1.82, 2.24) is 24.2 Å². The summed E-state index contributed by atoms with van der Waals surface area (Å²) in [5.41, 5.74) is -0.187. The Morgan fingerprint density at radius 2 is 1.84 bits per heavy atom. The maximum atomic E-state index is 15.6. The van der Waals surface area contributed by atoms with Gasteiger partial charge >= 0.3 is 10.2 Å². The van der Waals surface area contributed by atoms with Gasteiger partial charge in [0.1, 0.15) is 17.6 Å². The second-order valence-corrected chi connectivity index (χ2v) is 12.1. The molecule has 0 aliphatic carbocycles. The van der Waals surface area contributed by atoms with E-state index >= 15 is 4.39 Å². The van der Waals surface area contributed by atoms with Crippen LogP contribution < -0.4 is 20.9 Å². The number of benzene rings is 2. The summed E-state index contributed by atoms with van der Waals surface area (Å²) >= 11 is 0. The van der Waals surface area contributed by atoms with Crippen molar-refractivity contribution in [3.63, 3.8) is 0 Å². The molecule has 0 radical (unpaired) electrons. The summed E-state index contributed by atoms with van der Waals surface area (Å²) in [6, 6.07) is 10.8. The molecule has 15 heteroatoms. The highest BCUT2D eigenvalue weighted by molar-refractivity contribution is 7.90. The first kappa shape index (κ1) is 30.9. The highest BCUT2D eigenvalue weighted by Gasteiger charge is 2.32. The number of fused-ring (bicyclic) bond motifs is 1. The summed E-state index contributed by atoms with van der Waals surface area (Å²) in [5, 5.41) is 6.16. The van der Waals surface area contributed by atoms with Crippen LogP contribution in [-0.4, -0.2) is 59.0 Å². The van der Waals surface area contributed by atoms with Crippen LogP contribution in [-0.2, 0) is 35.0 Å². The summed E-state index contributed by atoms with van der Waals surface area (Å²) in [6.07, 6.45) is 0.734. The fourth-order valence-corrected chi connectivity index (χ4v) is 6.14. The number of halogens is 3. The molecule has 2 aromatic heterocycles. The predicted molar refractivity (Wildman–Crippen MR) is 160 cm³/mol. The van der Waals surface area contributed by atoms with E-state index in [-0.39, 0.29) is 42.6 Å². The molecular formula is C29H30F3N7O4S. The number of pyridine rings is 1. The molecule has 1 aliphatic heterocycles. The van der Waals surface area contributed by atoms with E-state index < -0.39 is 44.8 Å². The Hall–Kier alpha value is -4.50. The molecule has 3 heterocycles. The number of carbonyl (C=O) groups is 1. The van der Waals surface area contributed by atoms with Gasteiger partial charge in [0.15, 0.2) is 5.82 Å². The number of carbonyl (C=O) groups excluding carboxylic acids is 1. The third-order valence-electron chi connectivity index (χ3n) is 7.24. The van der Waals surface area contributed by atoms with Crippen LogP contribution >= 0.6 is 0 Å². The lowest BCUT2D eigenvalue weighted by Gasteiger charge is -2.18. The third kappa shape index (κ3) is 6.68. The largest absolute Gasteiger partial charge is 0.354 e. The first-order valence-corrected chi connectivity index (χ1v) is 15.2. The molecule has 1 amide bonds. The molecule has 44 heavy (non-hydrogen) atoms. The first-order valence-electron chi connectivity index (χ1n) is 13.8. The molecule has 11 nitrogen and oxygen atoms in total. The van der Waals surface area contributed by atoms with Gasteiger partial charge in [0, 0.05) is 51.7 Å². The lowest BCUT2D eigenvalue weighted by molar-refractivity contribution is -0.119. The Bertz CT molecular complexity index is 1890. The lowest BCUT2D eigenvalue weighted by Crippen LogP contribution is -2.34. The van der Waals surface area contributed by atoms with Crippen molar-refractivity contribution in [1.29, 1.82) is 0 Å². The number of amides is 1. The van der Waals surface area contributed by atoms with Crippen LogP contribution in [0.1, 0.15) is 24.5 Å². The second kappa shape index (κ2) is 12.6. The zero-order valence-corrected chi connectivity index (χ0v) is 24.7. The molecule has 1 fully saturated rings. The van der Waals surface area contributed by atoms with Crippen LogP contribution in [0, 0.1) is 11.6 Å². The van der Waals surface area contributed by atoms with Crippen LogP contribution in [0.5, 0.6) is 0 Å². The summed E-state index contributed by atoms with van der Waals surface area (Å²) in [4.78, 5) is 33.0. The standard InChI is InChI=1S/C29H30F3N7O4S/c1-17(40)34-14-19-5-3-18(4-6-19)9-11-33-29-35-15-20-13-22(28(41)38(2)27(20)36-29)25-23(31)7-8-24(26(25)32)37-44(42,43)39-12-10-21(30)16-39/h3-8,13,15,21,37H,9-12,14,16H2,1-2H3,(H,34,40)(H,33,35,36)/t21-/m1/s1. The first-order chi connectivity index (χ1) is 20.9. The van der Waals surface area contributed by atoms with Crippen LogP contribution in [0.25, 0.3) is 22.2 Å². The number of hydrogen-bond donors (Lipinski definition) is 3. The summed E-state index contributed by atoms with van der Waals surface area (Å²) in [5.74, 6) is -2.22. The summed E-state index contributed by atoms with van der Waals surface area (Å²) < 4.78 is 73.5. The molecule has 3 N–H and O–H groups in total. The fourth-order valence-electron chi connectivity index (χ4n) is 4.87. The van der Waals surface area contributed by atoms with Crippen LogP contribution in [0.3, 0.4) is 0 Å². The van der Waals surface area contributed by atoms with Crippen molar-refractivity contribution in [2.45, 2.75) is 32.5 Å². The Morgan fingerprint density at radius 3 is 2.52 bits per heavy atom. The topological polar surface area (TPSA) is 138 Å². The van der Waals surface area contributed by atoms with Gasteiger partial charge in [0.25, 0.3) is 5.56 Å². The van der Waals surface area contributed by atoms with Gasteiger partial charge in [0.05, 0.1) is 16.8 Å². The van der Waals surface area contributed by atoms with Gasteiger partial charge in [-0.3, -0.25) is 18.9 Å². The molecule has 2 aromatic carbocycles. The SMILES string of the molecule is CC(=O)NCc1ccc(CCNc2ncc3cc(-c4c(F)ccc(NS(=O)(=O)N5CC[C@@H](F)C5)c4F)c(=O)n(C)c3n2)cc1. The van der Waals surface area contributed by atoms with Gasteiger partial charge < -0.3 is 10.6 Å². The highest BCUT2D eigenvalue weighted by Crippen LogP contribution is 2.31. The van der Waals surface area contributed by atoms with Gasteiger partial charge in [-0.1, -0.05) is 24.3 Å². The van der Waals surface area contributed by atoms with Gasteiger partial charge in [-0.15, -0.1) is 0 Å². The molecule has 0 saturated carbocycles. The minimum Gasteiger partial charge on any atom is -0.354 e. The van der Waals surface area contributed by atoms with E-state index in [2.05, 4.69) is 20.6 Å². The van der Waals surface area contributed by atoms with Crippen molar-refractivity contribution < 1.29 is 26.4 Å². The average molecular weight is 630 g/mol. The van der Waals surface area contributed by atoms with E-state index in [0.717, 1.165) is 32.1 Å². The Morgan fingerprint density at radius 1 is 1.11 bits per heavy atom. The number of alkyl halides is 1. The number of nitrogens with zero attached hydrogens (tertiary/aromatic N) is 4. The van der Waals surface area contributed by atoms with Gasteiger partial charge in [-0.05, 0) is 42.2 Å². The zero-order chi connectivity index (χ0) is 31.6. The number of nitrogens with one attached hydrogen (secondary N) is 3. The fraction of sp³-hybridized carbons (Fsp3) is 0.310. The van der Waals surface area contributed by atoms with Crippen molar-refractivity contribution in [3.05, 3.63) is 81.8 Å². The Labute approximate surface area is 251 Å². The molecule has 1 aliphatic rings. The molecule has 0 bridgehead atoms. The molecule has 5 rings (SSSR count). The van der Waals surface area contributed by atoms with Crippen LogP contribution in [0.2, 0.25) is 0 Å². The highest BCUT2D eigenvalue weighted by atomic mass is 32.2. The normalized spacial score (nSPS) is 15.4. The lowest BCUT2D eigenvalue weighted by atomic mass is 10.0. The van der Waals surface area contributed by atoms with Crippen LogP contribution in [0.15, 0.2) is 53.5 Å². The molecular weight excluding hydrogens is 599 g/mol. The second-order valence-electron chi connectivity index (χ2n) is 10.4. The molecule has 0 spiro atoms. The summed E-state index contributed by atoms with van der Waals surface area (Å²) in [7, 11) is -2.91. The van der Waals surface area contributed by atoms with Crippen molar-refractivity contribution in [2.75, 3.05) is 29.7 Å². The zero-order valence-electron chi connectivity index (χ0n) is 23.9. The van der Waals surface area contributed by atoms with Crippen LogP contribution in [0.4, 0.5) is 24.8 Å². The molecule has 1 atom stereocenters. The van der Waals surface area contributed by atoms with E-state index in [1.807, 2.05) is 29.0 Å². The minimum atomic E-state index is -4.31. The van der Waals surface area contributed by atoms with E-state index in [0.29, 0.717) is 24.9 Å². The van der Waals surface area contributed by atoms with Crippen molar-refractivity contribution >= 4 is 38.8 Å². The quantitative estimate of drug-likeness (QED) is 0.245. The predicted octanol–water partition coefficient (Wildman–Crippen LogP) is 3.26. The number of aryl methyl sites for hydroxylation is 1. The van der Waals surface area contributed by atoms with E-state index in [1.54, 1.807) is 0 Å². The minimum absolute atomic E-state index is 0.0143. The van der Waals surface area contributed by atoms with Gasteiger partial charge in [0.2, 0.25) is 11.9 Å². The van der Waals surface area contributed by atoms with Crippen molar-refractivity contribution in [2.24, 2.45) is 7.05 Å². The maximum absolute atomic E-state index is 15.6. The number of hydrogen-bond acceptors (Lipinski definition) is 7. The molecule has 4 aromatic rings. The monoisotopic (exact) mass is 629 g/mol. The van der Waals surface area contributed by atoms with E-state index in [1.165, 1.54) is 26.2 Å². The van der Waals surface area contributed by atoms with E-state index in [4.69, 9.17) is 0 Å². The smallest absolute Gasteiger partial charge is 0.301 e. The van der Waals surface area contributed by atoms with Gasteiger partial charge in [-0.2, -0.15) is 17.7 Å². The number of aromatic nitrogens is 3. The Kier molecular flexibility index (Phi) is 8.87. The molecule has 0 unspecified atom stereocenters. The molecule has 1 saturated heterocycles. The van der Waals surface area contributed by atoms with E-state index in [9.17, 15) is 26.8 Å². The third-order valence-corrected chi connectivity index (χ3v) is 8.73. The number of anilines is 2. The number of rotatable bonds is 10. The maximum Gasteiger partial charge on any atom is 0.301 e. The Balaban J connectivity index is 1.35. The average Bonchev–Trinajstić information content (AvgIpc) is 3.44. The van der Waals surface area contributed by atoms with Crippen molar-refractivity contribution in [3.8, 4) is 11.1 Å².